The van der Waals surface area contributed by atoms with Crippen LogP contribution in [-0.4, -0.2) is 17.0 Å². The van der Waals surface area contributed by atoms with Crippen molar-refractivity contribution in [3.05, 3.63) is 106 Å². The molecule has 0 aliphatic rings. The molecule has 178 valence electrons. The number of carbonyl (C=O) groups is 2. The molecule has 1 atom stereocenters. The van der Waals surface area contributed by atoms with Crippen LogP contribution in [0.25, 0.3) is 11.3 Å². The summed E-state index contributed by atoms with van der Waals surface area (Å²) in [6.45, 7) is 3.34. The Morgan fingerprint density at radius 3 is 2.31 bits per heavy atom. The van der Waals surface area contributed by atoms with Gasteiger partial charge in [-0.05, 0) is 67.9 Å². The average molecular weight is 496 g/mol. The smallest absolute Gasteiger partial charge is 0.257 e. The number of hydrogen-bond donors (Lipinski definition) is 2. The maximum Gasteiger partial charge on any atom is 0.257 e. The molecule has 0 aliphatic heterocycles. The molecule has 1 aromatic heterocycles. The molecule has 0 saturated heterocycles. The van der Waals surface area contributed by atoms with Crippen molar-refractivity contribution in [3.63, 3.8) is 0 Å². The standard InChI is InChI=1S/C26H20ClF2N3O3/c1-14(16-8-12-19(13-9-16)31-25(33)17-6-10-18(28)11-7-17)30-26(34)22-15(2)35-32-24(22)23-20(27)4-3-5-21(23)29/h3-14H,1-2H3,(H,30,34)(H,31,33). The van der Waals surface area contributed by atoms with Gasteiger partial charge in [-0.1, -0.05) is 35.0 Å². The maximum atomic E-state index is 14.4. The van der Waals surface area contributed by atoms with Gasteiger partial charge in [-0.2, -0.15) is 0 Å². The zero-order valence-electron chi connectivity index (χ0n) is 18.7. The molecule has 0 saturated carbocycles. The number of nitrogens with one attached hydrogen (secondary N) is 2. The third kappa shape index (κ3) is 5.22. The van der Waals surface area contributed by atoms with Crippen LogP contribution in [-0.2, 0) is 0 Å². The lowest BCUT2D eigenvalue weighted by Gasteiger charge is -2.15. The van der Waals surface area contributed by atoms with Gasteiger partial charge in [0.25, 0.3) is 11.8 Å². The number of rotatable bonds is 6. The fourth-order valence-electron chi connectivity index (χ4n) is 3.55. The Morgan fingerprint density at radius 2 is 1.66 bits per heavy atom. The predicted molar refractivity (Wildman–Crippen MR) is 128 cm³/mol. The number of amides is 2. The first kappa shape index (κ1) is 24.1. The maximum absolute atomic E-state index is 14.4. The first-order valence-electron chi connectivity index (χ1n) is 10.6. The highest BCUT2D eigenvalue weighted by atomic mass is 35.5. The Kier molecular flexibility index (Phi) is 6.93. The van der Waals surface area contributed by atoms with Crippen LogP contribution in [0, 0.1) is 18.6 Å². The lowest BCUT2D eigenvalue weighted by Crippen LogP contribution is -2.27. The van der Waals surface area contributed by atoms with Gasteiger partial charge in [-0.25, -0.2) is 8.78 Å². The highest BCUT2D eigenvalue weighted by molar-refractivity contribution is 6.33. The van der Waals surface area contributed by atoms with Gasteiger partial charge in [-0.3, -0.25) is 9.59 Å². The number of anilines is 1. The Balaban J connectivity index is 1.47. The molecule has 2 N–H and O–H groups in total. The Labute approximate surface area is 204 Å². The van der Waals surface area contributed by atoms with Crippen LogP contribution >= 0.6 is 11.6 Å². The van der Waals surface area contributed by atoms with E-state index in [1.807, 2.05) is 0 Å². The summed E-state index contributed by atoms with van der Waals surface area (Å²) in [6.07, 6.45) is 0. The fourth-order valence-corrected chi connectivity index (χ4v) is 3.80. The Bertz CT molecular complexity index is 1370. The summed E-state index contributed by atoms with van der Waals surface area (Å²) in [4.78, 5) is 25.4. The summed E-state index contributed by atoms with van der Waals surface area (Å²) in [5.74, 6) is -1.69. The first-order valence-corrected chi connectivity index (χ1v) is 11.0. The van der Waals surface area contributed by atoms with E-state index in [9.17, 15) is 18.4 Å². The van der Waals surface area contributed by atoms with E-state index in [1.54, 1.807) is 38.1 Å². The number of hydrogen-bond acceptors (Lipinski definition) is 4. The lowest BCUT2D eigenvalue weighted by atomic mass is 10.0. The van der Waals surface area contributed by atoms with Crippen LogP contribution in [0.3, 0.4) is 0 Å². The first-order chi connectivity index (χ1) is 16.7. The molecule has 2 amide bonds. The van der Waals surface area contributed by atoms with Gasteiger partial charge in [0, 0.05) is 11.3 Å². The van der Waals surface area contributed by atoms with E-state index in [0.29, 0.717) is 11.3 Å². The minimum Gasteiger partial charge on any atom is -0.360 e. The van der Waals surface area contributed by atoms with Crippen LogP contribution in [0.4, 0.5) is 14.5 Å². The molecule has 0 fully saturated rings. The monoisotopic (exact) mass is 495 g/mol. The molecule has 3 aromatic carbocycles. The highest BCUT2D eigenvalue weighted by Gasteiger charge is 2.26. The Hall–Kier alpha value is -4.04. The molecule has 0 spiro atoms. The number of aromatic nitrogens is 1. The van der Waals surface area contributed by atoms with Crippen molar-refractivity contribution in [2.45, 2.75) is 19.9 Å². The van der Waals surface area contributed by atoms with Crippen molar-refractivity contribution in [1.29, 1.82) is 0 Å². The van der Waals surface area contributed by atoms with Crippen LogP contribution < -0.4 is 10.6 Å². The minimum atomic E-state index is -0.619. The van der Waals surface area contributed by atoms with Crippen LogP contribution in [0.15, 0.2) is 71.3 Å². The second kappa shape index (κ2) is 10.1. The molecule has 1 unspecified atom stereocenters. The minimum absolute atomic E-state index is 0.00920. The zero-order chi connectivity index (χ0) is 25.1. The molecule has 1 heterocycles. The predicted octanol–water partition coefficient (Wildman–Crippen LogP) is 6.32. The molecule has 0 aliphatic carbocycles. The number of halogens is 3. The molecule has 4 aromatic rings. The summed E-state index contributed by atoms with van der Waals surface area (Å²) < 4.78 is 32.6. The van der Waals surface area contributed by atoms with Gasteiger partial charge in [0.2, 0.25) is 0 Å². The van der Waals surface area contributed by atoms with Crippen molar-refractivity contribution in [2.75, 3.05) is 5.32 Å². The number of benzene rings is 3. The van der Waals surface area contributed by atoms with Crippen LogP contribution in [0.1, 0.15) is 45.0 Å². The normalized spacial score (nSPS) is 11.7. The third-order valence-electron chi connectivity index (χ3n) is 5.41. The van der Waals surface area contributed by atoms with Gasteiger partial charge in [-0.15, -0.1) is 0 Å². The van der Waals surface area contributed by atoms with Crippen LogP contribution in [0.2, 0.25) is 5.02 Å². The molecular formula is C26H20ClF2N3O3. The molecule has 0 bridgehead atoms. The average Bonchev–Trinajstić information content (AvgIpc) is 3.20. The third-order valence-corrected chi connectivity index (χ3v) is 5.73. The summed E-state index contributed by atoms with van der Waals surface area (Å²) in [6, 6.07) is 15.9. The van der Waals surface area contributed by atoms with Crippen molar-refractivity contribution >= 4 is 29.1 Å². The van der Waals surface area contributed by atoms with E-state index in [4.69, 9.17) is 16.1 Å². The summed E-state index contributed by atoms with van der Waals surface area (Å²) in [7, 11) is 0. The van der Waals surface area contributed by atoms with E-state index >= 15 is 0 Å². The molecule has 9 heteroatoms. The van der Waals surface area contributed by atoms with Gasteiger partial charge in [0.05, 0.1) is 16.6 Å². The van der Waals surface area contributed by atoms with E-state index in [0.717, 1.165) is 5.56 Å². The van der Waals surface area contributed by atoms with Gasteiger partial charge in [0.15, 0.2) is 0 Å². The van der Waals surface area contributed by atoms with Crippen molar-refractivity contribution < 1.29 is 22.9 Å². The van der Waals surface area contributed by atoms with Crippen LogP contribution in [0.5, 0.6) is 0 Å². The van der Waals surface area contributed by atoms with Gasteiger partial charge in [0.1, 0.15) is 28.7 Å². The SMILES string of the molecule is Cc1onc(-c2c(F)cccc2Cl)c1C(=O)NC(C)c1ccc(NC(=O)c2ccc(F)cc2)cc1. The van der Waals surface area contributed by atoms with Gasteiger partial charge < -0.3 is 15.2 Å². The zero-order valence-corrected chi connectivity index (χ0v) is 19.5. The number of carbonyl (C=O) groups excluding carboxylic acids is 2. The van der Waals surface area contributed by atoms with E-state index in [2.05, 4.69) is 15.8 Å². The second-order valence-electron chi connectivity index (χ2n) is 7.84. The van der Waals surface area contributed by atoms with E-state index < -0.39 is 23.6 Å². The quantitative estimate of drug-likeness (QED) is 0.327. The molecule has 4 rings (SSSR count). The summed E-state index contributed by atoms with van der Waals surface area (Å²) in [5.41, 5.74) is 1.72. The van der Waals surface area contributed by atoms with Gasteiger partial charge >= 0.3 is 0 Å². The fraction of sp³-hybridized carbons (Fsp3) is 0.115. The molecular weight excluding hydrogens is 476 g/mol. The topological polar surface area (TPSA) is 84.2 Å². The van der Waals surface area contributed by atoms with Crippen molar-refractivity contribution in [2.24, 2.45) is 0 Å². The lowest BCUT2D eigenvalue weighted by molar-refractivity contribution is 0.0938. The largest absolute Gasteiger partial charge is 0.360 e. The molecule has 35 heavy (non-hydrogen) atoms. The summed E-state index contributed by atoms with van der Waals surface area (Å²) in [5, 5.41) is 9.55. The Morgan fingerprint density at radius 1 is 0.971 bits per heavy atom. The van der Waals surface area contributed by atoms with E-state index in [-0.39, 0.29) is 33.5 Å². The molecule has 0 radical (unpaired) electrons. The summed E-state index contributed by atoms with van der Waals surface area (Å²) >= 11 is 6.15. The molecule has 6 nitrogen and oxygen atoms in total. The van der Waals surface area contributed by atoms with E-state index in [1.165, 1.54) is 42.5 Å². The number of nitrogens with zero attached hydrogens (tertiary/aromatic N) is 1. The highest BCUT2D eigenvalue weighted by Crippen LogP contribution is 2.33. The van der Waals surface area contributed by atoms with Crippen molar-refractivity contribution in [3.8, 4) is 11.3 Å². The second-order valence-corrected chi connectivity index (χ2v) is 8.24. The number of aryl methyl sites for hydroxylation is 1. The van der Waals surface area contributed by atoms with Crippen molar-refractivity contribution in [1.82, 2.24) is 10.5 Å².